The van der Waals surface area contributed by atoms with E-state index in [0.717, 1.165) is 44.8 Å². The van der Waals surface area contributed by atoms with Crippen LogP contribution in [-0.4, -0.2) is 26.5 Å². The number of carbonyl (C=O) groups is 1. The van der Waals surface area contributed by atoms with Crippen LogP contribution in [0.4, 0.5) is 4.79 Å². The Morgan fingerprint density at radius 1 is 1.06 bits per heavy atom. The first-order chi connectivity index (χ1) is 17.3. The molecule has 0 bridgehead atoms. The minimum absolute atomic E-state index is 0.267. The topological polar surface area (TPSA) is 73.1 Å². The fourth-order valence-electron chi connectivity index (χ4n) is 4.07. The molecule has 7 nitrogen and oxygen atoms in total. The number of rotatable bonds is 5. The molecule has 0 aliphatic rings. The molecule has 1 N–H and O–H groups in total. The van der Waals surface area contributed by atoms with Crippen molar-refractivity contribution in [1.29, 1.82) is 0 Å². The first-order valence-electron chi connectivity index (χ1n) is 11.7. The van der Waals surface area contributed by atoms with Crippen LogP contribution >= 0.6 is 11.6 Å². The molecule has 0 atom stereocenters. The number of alkyl carbamates (subject to hydrolysis) is 1. The number of alkyl halides is 1. The molecule has 5 aromatic rings. The van der Waals surface area contributed by atoms with Crippen LogP contribution in [0.3, 0.4) is 0 Å². The summed E-state index contributed by atoms with van der Waals surface area (Å²) in [6.45, 7) is 5.88. The van der Waals surface area contributed by atoms with Gasteiger partial charge in [0.05, 0.1) is 17.1 Å². The van der Waals surface area contributed by atoms with Crippen molar-refractivity contribution in [1.82, 2.24) is 20.1 Å². The molecule has 0 saturated carbocycles. The molecule has 0 fully saturated rings. The third-order valence-electron chi connectivity index (χ3n) is 5.71. The Balaban J connectivity index is 1.53. The van der Waals surface area contributed by atoms with Crippen molar-refractivity contribution in [2.24, 2.45) is 0 Å². The van der Waals surface area contributed by atoms with Crippen LogP contribution in [0.1, 0.15) is 32.2 Å². The zero-order valence-electron chi connectivity index (χ0n) is 20.4. The van der Waals surface area contributed by atoms with Crippen molar-refractivity contribution in [3.63, 3.8) is 0 Å². The van der Waals surface area contributed by atoms with E-state index in [1.54, 1.807) is 0 Å². The zero-order chi connectivity index (χ0) is 25.3. The number of aromatic nitrogens is 4. The van der Waals surface area contributed by atoms with Gasteiger partial charge in [-0.2, -0.15) is 4.40 Å². The number of fused-ring (bicyclic) bond motifs is 3. The van der Waals surface area contributed by atoms with Crippen molar-refractivity contribution in [3.05, 3.63) is 90.5 Å². The summed E-state index contributed by atoms with van der Waals surface area (Å²) < 4.78 is 9.21. The van der Waals surface area contributed by atoms with Gasteiger partial charge in [0.15, 0.2) is 0 Å². The third kappa shape index (κ3) is 4.88. The molecule has 0 radical (unpaired) electrons. The summed E-state index contributed by atoms with van der Waals surface area (Å²) in [4.78, 5) is 16.7. The van der Waals surface area contributed by atoms with Gasteiger partial charge in [-0.05, 0) is 56.2 Å². The number of pyridine rings is 2. The van der Waals surface area contributed by atoms with E-state index in [2.05, 4.69) is 23.5 Å². The lowest BCUT2D eigenvalue weighted by atomic mass is 10.1. The molecule has 0 spiro atoms. The maximum absolute atomic E-state index is 12.0. The molecule has 182 valence electrons. The fourth-order valence-corrected chi connectivity index (χ4v) is 4.25. The smallest absolute Gasteiger partial charge is 0.407 e. The van der Waals surface area contributed by atoms with Gasteiger partial charge >= 0.3 is 6.09 Å². The molecule has 0 aliphatic heterocycles. The highest BCUT2D eigenvalue weighted by atomic mass is 35.5. The molecule has 8 heteroatoms. The molecule has 36 heavy (non-hydrogen) atoms. The lowest BCUT2D eigenvalue weighted by Crippen LogP contribution is -2.32. The molecule has 1 amide bonds. The summed E-state index contributed by atoms with van der Waals surface area (Å²) in [5, 5.41) is 8.57. The van der Waals surface area contributed by atoms with E-state index in [0.29, 0.717) is 6.54 Å². The predicted molar refractivity (Wildman–Crippen MR) is 140 cm³/mol. The Morgan fingerprint density at radius 3 is 2.50 bits per heavy atom. The molecule has 5 rings (SSSR count). The first-order valence-corrected chi connectivity index (χ1v) is 12.3. The van der Waals surface area contributed by atoms with E-state index in [-0.39, 0.29) is 5.88 Å². The Hall–Kier alpha value is -3.97. The summed E-state index contributed by atoms with van der Waals surface area (Å²) >= 11 is 6.26. The normalized spacial score (nSPS) is 11.7. The monoisotopic (exact) mass is 500 g/mol. The van der Waals surface area contributed by atoms with Crippen molar-refractivity contribution in [3.8, 4) is 16.8 Å². The maximum atomic E-state index is 12.0. The van der Waals surface area contributed by atoms with Crippen molar-refractivity contribution in [2.75, 3.05) is 0 Å². The van der Waals surface area contributed by atoms with Gasteiger partial charge in [-0.15, -0.1) is 11.6 Å². The highest BCUT2D eigenvalue weighted by molar-refractivity contribution is 6.16. The van der Waals surface area contributed by atoms with Crippen LogP contribution in [0.15, 0.2) is 79.1 Å². The zero-order valence-corrected chi connectivity index (χ0v) is 21.2. The first kappa shape index (κ1) is 23.8. The van der Waals surface area contributed by atoms with E-state index in [4.69, 9.17) is 26.4 Å². The standard InChI is InChI=1S/C28H26ClN5O2/c1-28(2,3)36-27(35)31-17-19-9-11-22(12-10-19)34-26-23-15-21(20-7-5-4-6-8-20)18-30-24(23)13-14-33(26)25(16-29)32-34/h4-15,18H,16-17H2,1-3H3/p+1. The van der Waals surface area contributed by atoms with E-state index < -0.39 is 11.7 Å². The van der Waals surface area contributed by atoms with Crippen LogP contribution in [0, 0.1) is 0 Å². The number of nitrogens with one attached hydrogen (secondary N) is 1. The fraction of sp³-hybridized carbons (Fsp3) is 0.214. The number of amides is 1. The van der Waals surface area contributed by atoms with Crippen LogP contribution in [0.2, 0.25) is 0 Å². The summed E-state index contributed by atoms with van der Waals surface area (Å²) in [6, 6.07) is 22.2. The number of hydrogen-bond acceptors (Lipinski definition) is 4. The minimum Gasteiger partial charge on any atom is -0.444 e. The maximum Gasteiger partial charge on any atom is 0.407 e. The Bertz CT molecular complexity index is 1540. The third-order valence-corrected chi connectivity index (χ3v) is 5.95. The number of ether oxygens (including phenoxy) is 1. The highest BCUT2D eigenvalue weighted by Gasteiger charge is 2.24. The van der Waals surface area contributed by atoms with Crippen molar-refractivity contribution < 1.29 is 13.9 Å². The van der Waals surface area contributed by atoms with Gasteiger partial charge in [0.25, 0.3) is 11.5 Å². The van der Waals surface area contributed by atoms with Gasteiger partial charge in [-0.1, -0.05) is 47.1 Å². The van der Waals surface area contributed by atoms with E-state index in [1.165, 1.54) is 0 Å². The van der Waals surface area contributed by atoms with Gasteiger partial charge in [-0.3, -0.25) is 4.98 Å². The Morgan fingerprint density at radius 2 is 1.81 bits per heavy atom. The van der Waals surface area contributed by atoms with Gasteiger partial charge in [-0.25, -0.2) is 4.79 Å². The lowest BCUT2D eigenvalue weighted by Gasteiger charge is -2.19. The van der Waals surface area contributed by atoms with Crippen molar-refractivity contribution >= 4 is 34.2 Å². The second-order valence-electron chi connectivity index (χ2n) is 9.52. The summed E-state index contributed by atoms with van der Waals surface area (Å²) in [7, 11) is 0. The van der Waals surface area contributed by atoms with Gasteiger partial charge in [0.2, 0.25) is 0 Å². The molecule has 3 heterocycles. The van der Waals surface area contributed by atoms with Crippen molar-refractivity contribution in [2.45, 2.75) is 38.8 Å². The van der Waals surface area contributed by atoms with Gasteiger partial charge < -0.3 is 10.1 Å². The predicted octanol–water partition coefficient (Wildman–Crippen LogP) is 5.59. The molecule has 0 saturated heterocycles. The summed E-state index contributed by atoms with van der Waals surface area (Å²) in [5.41, 5.74) is 5.17. The molecule has 0 aliphatic carbocycles. The molecular weight excluding hydrogens is 474 g/mol. The van der Waals surface area contributed by atoms with E-state index in [1.807, 2.05) is 90.8 Å². The second kappa shape index (κ2) is 9.59. The summed E-state index contributed by atoms with van der Waals surface area (Å²) in [5.74, 6) is 0.998. The number of carbonyl (C=O) groups excluding carboxylic acids is 1. The molecule has 0 unspecified atom stereocenters. The van der Waals surface area contributed by atoms with Gasteiger partial charge in [0.1, 0.15) is 17.2 Å². The van der Waals surface area contributed by atoms with Crippen LogP contribution in [-0.2, 0) is 17.2 Å². The average Bonchev–Trinajstić information content (AvgIpc) is 3.26. The second-order valence-corrected chi connectivity index (χ2v) is 9.78. The number of nitrogens with zero attached hydrogens (tertiary/aromatic N) is 4. The largest absolute Gasteiger partial charge is 0.444 e. The Kier molecular flexibility index (Phi) is 6.33. The molecular formula is C28H27ClN5O2+. The summed E-state index contributed by atoms with van der Waals surface area (Å²) in [6.07, 6.45) is 3.40. The number of hydrogen-bond donors (Lipinski definition) is 1. The number of benzene rings is 2. The SMILES string of the molecule is CC(C)(C)OC(=O)NCc1ccc(-n2nc(CCl)[n+]3ccc4ncc(-c5ccccc5)cc4c23)cc1. The molecule has 3 aromatic heterocycles. The lowest BCUT2D eigenvalue weighted by molar-refractivity contribution is -0.519. The highest BCUT2D eigenvalue weighted by Crippen LogP contribution is 2.25. The Labute approximate surface area is 214 Å². The molecule has 2 aromatic carbocycles. The van der Waals surface area contributed by atoms with Crippen LogP contribution in [0.25, 0.3) is 33.4 Å². The average molecular weight is 501 g/mol. The van der Waals surface area contributed by atoms with Crippen LogP contribution < -0.4 is 9.72 Å². The van der Waals surface area contributed by atoms with E-state index >= 15 is 0 Å². The quantitative estimate of drug-likeness (QED) is 0.252. The minimum atomic E-state index is -0.537. The van der Waals surface area contributed by atoms with Gasteiger partial charge in [0, 0.05) is 23.4 Å². The van der Waals surface area contributed by atoms with E-state index in [9.17, 15) is 4.79 Å². The van der Waals surface area contributed by atoms with Crippen LogP contribution in [0.5, 0.6) is 0 Å². The number of halogens is 1.